The van der Waals surface area contributed by atoms with Crippen molar-refractivity contribution >= 4 is 10.0 Å². The van der Waals surface area contributed by atoms with E-state index in [-0.39, 0.29) is 5.56 Å². The lowest BCUT2D eigenvalue weighted by molar-refractivity contribution is 0.109. The molecule has 2 atom stereocenters. The Hall–Kier alpha value is -1.09. The monoisotopic (exact) mass is 322 g/mol. The van der Waals surface area contributed by atoms with Crippen molar-refractivity contribution in [2.24, 2.45) is 0 Å². The molecule has 120 valence electrons. The van der Waals surface area contributed by atoms with E-state index in [4.69, 9.17) is 5.11 Å². The van der Waals surface area contributed by atoms with Crippen LogP contribution in [0.1, 0.15) is 24.1 Å². The summed E-state index contributed by atoms with van der Waals surface area (Å²) in [5, 5.41) is 12.1. The Bertz CT molecular complexity index is 533. The molecule has 0 aromatic heterocycles. The van der Waals surface area contributed by atoms with Gasteiger partial charge in [-0.25, -0.2) is 21.9 Å². The summed E-state index contributed by atoms with van der Waals surface area (Å²) in [5.74, 6) is 0. The third kappa shape index (κ3) is 6.94. The second-order valence-electron chi connectivity index (χ2n) is 4.92. The molecular weight excluding hydrogens is 302 g/mol. The van der Waals surface area contributed by atoms with Crippen LogP contribution >= 0.6 is 0 Å². The minimum atomic E-state index is -3.72. The second kappa shape index (κ2) is 7.79. The van der Waals surface area contributed by atoms with Crippen molar-refractivity contribution in [3.8, 4) is 0 Å². The number of aliphatic hydroxyl groups is 1. The van der Waals surface area contributed by atoms with E-state index in [1.807, 2.05) is 4.72 Å². The van der Waals surface area contributed by atoms with Gasteiger partial charge in [0.15, 0.2) is 0 Å². The fraction of sp³-hybridized carbons (Fsp3) is 0.538. The van der Waals surface area contributed by atoms with Crippen LogP contribution in [0.25, 0.3) is 0 Å². The highest BCUT2D eigenvalue weighted by molar-refractivity contribution is 7.88. The largest absolute Gasteiger partial charge is 0.392 e. The van der Waals surface area contributed by atoms with Crippen LogP contribution in [-0.2, 0) is 16.6 Å². The van der Waals surface area contributed by atoms with E-state index in [1.54, 1.807) is 19.1 Å². The van der Waals surface area contributed by atoms with Gasteiger partial charge < -0.3 is 10.4 Å². The van der Waals surface area contributed by atoms with E-state index in [0.717, 1.165) is 11.8 Å². The Kier molecular flexibility index (Phi) is 6.66. The Labute approximate surface area is 123 Å². The van der Waals surface area contributed by atoms with Crippen LogP contribution in [0.15, 0.2) is 24.3 Å². The highest BCUT2D eigenvalue weighted by Crippen LogP contribution is 2.21. The average Bonchev–Trinajstić information content (AvgIpc) is 2.35. The van der Waals surface area contributed by atoms with Gasteiger partial charge in [0.2, 0.25) is 10.0 Å². The maximum atomic E-state index is 12.9. The molecule has 0 fully saturated rings. The van der Waals surface area contributed by atoms with E-state index >= 15 is 0 Å². The zero-order valence-electron chi connectivity index (χ0n) is 11.9. The predicted octanol–water partition coefficient (Wildman–Crippen LogP) is 1.01. The van der Waals surface area contributed by atoms with Crippen LogP contribution in [-0.4, -0.2) is 38.9 Å². The Balaban J connectivity index is 2.74. The molecule has 0 aliphatic carbocycles. The highest BCUT2D eigenvalue weighted by Gasteiger charge is 2.25. The van der Waals surface area contributed by atoms with Crippen molar-refractivity contribution < 1.29 is 22.3 Å². The maximum absolute atomic E-state index is 12.9. The summed E-state index contributed by atoms with van der Waals surface area (Å²) >= 11 is 0. The quantitative estimate of drug-likeness (QED) is 0.667. The number of benzene rings is 1. The van der Waals surface area contributed by atoms with Crippen LogP contribution in [0, 0.1) is 0 Å². The van der Waals surface area contributed by atoms with Crippen LogP contribution in [0.2, 0.25) is 0 Å². The summed E-state index contributed by atoms with van der Waals surface area (Å²) in [6, 6.07) is 4.66. The molecule has 0 unspecified atom stereocenters. The van der Waals surface area contributed by atoms with Crippen molar-refractivity contribution in [1.82, 2.24) is 10.0 Å². The molecule has 1 aromatic rings. The zero-order chi connectivity index (χ0) is 16.0. The summed E-state index contributed by atoms with van der Waals surface area (Å²) in [5.41, 5.74) is 1.06. The molecule has 3 N–H and O–H groups in total. The van der Waals surface area contributed by atoms with Crippen LogP contribution in [0.3, 0.4) is 0 Å². The molecule has 0 saturated heterocycles. The van der Waals surface area contributed by atoms with Crippen molar-refractivity contribution in [3.63, 3.8) is 0 Å². The first-order valence-corrected chi connectivity index (χ1v) is 8.31. The Morgan fingerprint density at radius 2 is 1.81 bits per heavy atom. The smallest absolute Gasteiger partial charge is 0.258 e. The lowest BCUT2D eigenvalue weighted by Gasteiger charge is -2.17. The number of alkyl halides is 2. The van der Waals surface area contributed by atoms with Gasteiger partial charge in [0.1, 0.15) is 6.04 Å². The minimum absolute atomic E-state index is 0.203. The van der Waals surface area contributed by atoms with Gasteiger partial charge in [-0.15, -0.1) is 0 Å². The molecule has 0 saturated carbocycles. The lowest BCUT2D eigenvalue weighted by atomic mass is 10.1. The number of rotatable bonds is 8. The third-order valence-electron chi connectivity index (χ3n) is 2.70. The molecule has 0 heterocycles. The van der Waals surface area contributed by atoms with E-state index in [1.165, 1.54) is 12.1 Å². The predicted molar refractivity (Wildman–Crippen MR) is 76.6 cm³/mol. The number of nitrogens with one attached hydrogen (secondary N) is 2. The third-order valence-corrected chi connectivity index (χ3v) is 3.38. The number of hydrogen-bond acceptors (Lipinski definition) is 4. The van der Waals surface area contributed by atoms with Crippen LogP contribution in [0.4, 0.5) is 8.78 Å². The number of hydrogen-bond donors (Lipinski definition) is 3. The maximum Gasteiger partial charge on any atom is 0.258 e. The lowest BCUT2D eigenvalue weighted by Crippen LogP contribution is -2.32. The molecule has 0 amide bonds. The normalized spacial score (nSPS) is 15.1. The number of sulfonamides is 1. The van der Waals surface area contributed by atoms with E-state index < -0.39 is 28.6 Å². The fourth-order valence-electron chi connectivity index (χ4n) is 1.76. The minimum Gasteiger partial charge on any atom is -0.392 e. The first-order chi connectivity index (χ1) is 9.69. The van der Waals surface area contributed by atoms with Gasteiger partial charge in [0.05, 0.1) is 12.4 Å². The Morgan fingerprint density at radius 3 is 2.24 bits per heavy atom. The fourth-order valence-corrected chi connectivity index (χ4v) is 2.46. The van der Waals surface area contributed by atoms with Gasteiger partial charge in [-0.2, -0.15) is 0 Å². The Morgan fingerprint density at radius 1 is 1.24 bits per heavy atom. The highest BCUT2D eigenvalue weighted by atomic mass is 32.2. The topological polar surface area (TPSA) is 78.4 Å². The summed E-state index contributed by atoms with van der Waals surface area (Å²) in [6.45, 7) is 2.57. The first-order valence-electron chi connectivity index (χ1n) is 6.42. The summed E-state index contributed by atoms with van der Waals surface area (Å²) in [7, 11) is -3.72. The molecule has 8 heteroatoms. The molecule has 0 aliphatic rings. The van der Waals surface area contributed by atoms with Crippen LogP contribution in [0.5, 0.6) is 0 Å². The average molecular weight is 322 g/mol. The molecule has 0 aliphatic heterocycles. The van der Waals surface area contributed by atoms with Crippen molar-refractivity contribution in [1.29, 1.82) is 0 Å². The van der Waals surface area contributed by atoms with Gasteiger partial charge in [-0.1, -0.05) is 24.3 Å². The van der Waals surface area contributed by atoms with Gasteiger partial charge in [0.25, 0.3) is 6.43 Å². The molecule has 5 nitrogen and oxygen atoms in total. The van der Waals surface area contributed by atoms with Crippen LogP contribution < -0.4 is 10.0 Å². The van der Waals surface area contributed by atoms with E-state index in [2.05, 4.69) is 5.32 Å². The number of aliphatic hydroxyl groups excluding tert-OH is 1. The van der Waals surface area contributed by atoms with E-state index in [9.17, 15) is 17.2 Å². The van der Waals surface area contributed by atoms with Crippen molar-refractivity contribution in [2.45, 2.75) is 32.0 Å². The molecule has 1 rings (SSSR count). The molecule has 0 radical (unpaired) electrons. The standard InChI is InChI=1S/C13H20F2N2O3S/c1-9(18)7-16-8-10-3-5-11(6-4-10)12(13(14)15)17-21(2,19)20/h3-6,9,12-13,16-18H,7-8H2,1-2H3/t9-,12+/m1/s1. The zero-order valence-corrected chi connectivity index (χ0v) is 12.7. The molecule has 1 aromatic carbocycles. The molecule has 0 bridgehead atoms. The van der Waals surface area contributed by atoms with Crippen molar-refractivity contribution in [3.05, 3.63) is 35.4 Å². The number of halogens is 2. The second-order valence-corrected chi connectivity index (χ2v) is 6.70. The SMILES string of the molecule is C[C@@H](O)CNCc1ccc([C@H](NS(C)(=O)=O)C(F)F)cc1. The summed E-state index contributed by atoms with van der Waals surface area (Å²) in [4.78, 5) is 0. The summed E-state index contributed by atoms with van der Waals surface area (Å²) in [6.07, 6.45) is -2.46. The first kappa shape index (κ1) is 18.0. The van der Waals surface area contributed by atoms with Gasteiger partial charge in [-0.3, -0.25) is 0 Å². The molecular formula is C13H20F2N2O3S. The van der Waals surface area contributed by atoms with Gasteiger partial charge >= 0.3 is 0 Å². The molecule has 0 spiro atoms. The summed E-state index contributed by atoms with van der Waals surface area (Å²) < 4.78 is 50.0. The van der Waals surface area contributed by atoms with Gasteiger partial charge in [-0.05, 0) is 18.1 Å². The van der Waals surface area contributed by atoms with E-state index in [0.29, 0.717) is 13.1 Å². The van der Waals surface area contributed by atoms with Crippen molar-refractivity contribution in [2.75, 3.05) is 12.8 Å². The molecule has 21 heavy (non-hydrogen) atoms. The van der Waals surface area contributed by atoms with Gasteiger partial charge in [0, 0.05) is 13.1 Å².